The molecule has 0 saturated carbocycles. The fraction of sp³-hybridized carbons (Fsp3) is 1.00. The first-order valence-electron chi connectivity index (χ1n) is 3.13. The Morgan fingerprint density at radius 2 is 2.00 bits per heavy atom. The molecule has 0 aromatic carbocycles. The zero-order valence-electron chi connectivity index (χ0n) is 6.31. The molecule has 0 bridgehead atoms. The molecule has 1 N–H and O–H groups in total. The molecular weight excluding hydrogens is 134 g/mol. The molecule has 0 heterocycles. The van der Waals surface area contributed by atoms with Gasteiger partial charge < -0.3 is 0 Å². The second-order valence-electron chi connectivity index (χ2n) is 2.89. The van der Waals surface area contributed by atoms with Crippen molar-refractivity contribution in [3.05, 3.63) is 0 Å². The van der Waals surface area contributed by atoms with E-state index < -0.39 is 9.73 Å². The Morgan fingerprint density at radius 3 is 2.11 bits per heavy atom. The van der Waals surface area contributed by atoms with E-state index in [1.54, 1.807) is 0 Å². The van der Waals surface area contributed by atoms with E-state index in [2.05, 4.69) is 13.8 Å². The molecule has 0 aliphatic rings. The van der Waals surface area contributed by atoms with Crippen molar-refractivity contribution in [2.24, 2.45) is 5.92 Å². The predicted octanol–water partition coefficient (Wildman–Crippen LogP) is 1.71. The predicted molar refractivity (Wildman–Crippen MR) is 41.1 cm³/mol. The van der Waals surface area contributed by atoms with E-state index in [1.807, 2.05) is 0 Å². The molecule has 0 amide bonds. The minimum Gasteiger partial charge on any atom is -0.253 e. The van der Waals surface area contributed by atoms with Gasteiger partial charge in [0.05, 0.1) is 0 Å². The molecule has 0 aliphatic carbocycles. The monoisotopic (exact) mass is 149 g/mol. The van der Waals surface area contributed by atoms with Gasteiger partial charge in [0.15, 0.2) is 0 Å². The Hall–Kier alpha value is -0.0500. The van der Waals surface area contributed by atoms with E-state index in [1.165, 1.54) is 6.26 Å². The lowest BCUT2D eigenvalue weighted by molar-refractivity contribution is 0.617. The van der Waals surface area contributed by atoms with Gasteiger partial charge in [0.2, 0.25) is 0 Å². The smallest absolute Gasteiger partial charge is 0.0412 e. The highest BCUT2D eigenvalue weighted by atomic mass is 32.2. The first kappa shape index (κ1) is 8.95. The molecule has 0 saturated heterocycles. The summed E-state index contributed by atoms with van der Waals surface area (Å²) in [6.07, 6.45) is 2.40. The maximum absolute atomic E-state index is 10.8. The Kier molecular flexibility index (Phi) is 3.18. The highest BCUT2D eigenvalue weighted by Gasteiger charge is 1.99. The molecule has 0 aromatic heterocycles. The Balaban J connectivity index is 3.53. The van der Waals surface area contributed by atoms with Crippen LogP contribution in [0.25, 0.3) is 0 Å². The average Bonchev–Trinajstić information content (AvgIpc) is 1.59. The highest BCUT2D eigenvalue weighted by Crippen LogP contribution is 2.01. The van der Waals surface area contributed by atoms with E-state index in [-0.39, 0.29) is 0 Å². The lowest BCUT2D eigenvalue weighted by Gasteiger charge is -2.02. The van der Waals surface area contributed by atoms with Crippen LogP contribution in [0.4, 0.5) is 0 Å². The second-order valence-corrected chi connectivity index (χ2v) is 5.31. The standard InChI is InChI=1S/C6H15NOS/c1-6(2)4-5-9(3,7)8/h6-7H,4-5H2,1-3H3/t9-/m0/s1. The largest absolute Gasteiger partial charge is 0.253 e. The summed E-state index contributed by atoms with van der Waals surface area (Å²) in [5.74, 6) is 1.11. The van der Waals surface area contributed by atoms with Crippen LogP contribution in [0.1, 0.15) is 20.3 Å². The van der Waals surface area contributed by atoms with Crippen molar-refractivity contribution in [2.45, 2.75) is 20.3 Å². The topological polar surface area (TPSA) is 40.9 Å². The second kappa shape index (κ2) is 3.20. The van der Waals surface area contributed by atoms with Crippen molar-refractivity contribution < 1.29 is 4.21 Å². The minimum absolute atomic E-state index is 0.546. The van der Waals surface area contributed by atoms with Gasteiger partial charge in [0.25, 0.3) is 0 Å². The van der Waals surface area contributed by atoms with Crippen LogP contribution in [0, 0.1) is 10.7 Å². The molecule has 0 spiro atoms. The molecule has 0 rings (SSSR count). The molecule has 0 aliphatic heterocycles. The fourth-order valence-corrected chi connectivity index (χ4v) is 1.38. The zero-order chi connectivity index (χ0) is 7.49. The van der Waals surface area contributed by atoms with Gasteiger partial charge in [0.1, 0.15) is 0 Å². The van der Waals surface area contributed by atoms with Gasteiger partial charge in [-0.1, -0.05) is 13.8 Å². The van der Waals surface area contributed by atoms with Gasteiger partial charge in [-0.25, -0.2) is 0 Å². The molecule has 0 radical (unpaired) electrons. The van der Waals surface area contributed by atoms with E-state index in [9.17, 15) is 4.21 Å². The Bertz CT molecular complexity index is 158. The first-order chi connectivity index (χ1) is 3.92. The van der Waals surface area contributed by atoms with Gasteiger partial charge in [-0.3, -0.25) is 8.99 Å². The van der Waals surface area contributed by atoms with E-state index in [0.717, 1.165) is 6.42 Å². The van der Waals surface area contributed by atoms with Crippen LogP contribution in [0.15, 0.2) is 0 Å². The van der Waals surface area contributed by atoms with Gasteiger partial charge in [0, 0.05) is 21.7 Å². The van der Waals surface area contributed by atoms with Gasteiger partial charge in [-0.2, -0.15) is 0 Å². The van der Waals surface area contributed by atoms with Crippen LogP contribution in [0.3, 0.4) is 0 Å². The maximum Gasteiger partial charge on any atom is 0.0412 e. The van der Waals surface area contributed by atoms with Crippen LogP contribution in [-0.4, -0.2) is 16.2 Å². The SMILES string of the molecule is CC(C)CC[S@@](C)(=N)=O. The quantitative estimate of drug-likeness (QED) is 0.652. The third kappa shape index (κ3) is 7.95. The average molecular weight is 149 g/mol. The summed E-state index contributed by atoms with van der Waals surface area (Å²) in [5, 5.41) is 0. The number of hydrogen-bond donors (Lipinski definition) is 1. The fourth-order valence-electron chi connectivity index (χ4n) is 0.461. The summed E-state index contributed by atoms with van der Waals surface area (Å²) in [6.45, 7) is 4.15. The molecular formula is C6H15NOS. The molecule has 56 valence electrons. The zero-order valence-corrected chi connectivity index (χ0v) is 7.12. The van der Waals surface area contributed by atoms with Crippen LogP contribution in [-0.2, 0) is 9.73 Å². The minimum atomic E-state index is -2.22. The molecule has 9 heavy (non-hydrogen) atoms. The number of rotatable bonds is 3. The molecule has 1 atom stereocenters. The summed E-state index contributed by atoms with van der Waals surface area (Å²) in [6, 6.07) is 0. The first-order valence-corrected chi connectivity index (χ1v) is 5.27. The van der Waals surface area contributed by atoms with Crippen molar-refractivity contribution in [2.75, 3.05) is 12.0 Å². The van der Waals surface area contributed by atoms with Crippen molar-refractivity contribution in [3.63, 3.8) is 0 Å². The van der Waals surface area contributed by atoms with Gasteiger partial charge >= 0.3 is 0 Å². The Morgan fingerprint density at radius 1 is 1.56 bits per heavy atom. The summed E-state index contributed by atoms with van der Waals surface area (Å²) >= 11 is 0. The maximum atomic E-state index is 10.8. The summed E-state index contributed by atoms with van der Waals surface area (Å²) in [7, 11) is -2.22. The summed E-state index contributed by atoms with van der Waals surface area (Å²) in [4.78, 5) is 0. The van der Waals surface area contributed by atoms with E-state index in [4.69, 9.17) is 4.78 Å². The molecule has 2 nitrogen and oxygen atoms in total. The van der Waals surface area contributed by atoms with Crippen LogP contribution in [0.5, 0.6) is 0 Å². The lowest BCUT2D eigenvalue weighted by atomic mass is 10.2. The van der Waals surface area contributed by atoms with Crippen LogP contribution < -0.4 is 0 Å². The Labute approximate surface area is 57.6 Å². The summed E-state index contributed by atoms with van der Waals surface area (Å²) in [5.41, 5.74) is 0. The number of nitrogens with one attached hydrogen (secondary N) is 1. The van der Waals surface area contributed by atoms with E-state index >= 15 is 0 Å². The van der Waals surface area contributed by atoms with Crippen LogP contribution >= 0.6 is 0 Å². The van der Waals surface area contributed by atoms with Crippen molar-refractivity contribution in [3.8, 4) is 0 Å². The van der Waals surface area contributed by atoms with Crippen molar-refractivity contribution >= 4 is 9.73 Å². The highest BCUT2D eigenvalue weighted by molar-refractivity contribution is 7.91. The number of hydrogen-bond acceptors (Lipinski definition) is 2. The van der Waals surface area contributed by atoms with Gasteiger partial charge in [-0.15, -0.1) is 0 Å². The van der Waals surface area contributed by atoms with Crippen molar-refractivity contribution in [1.82, 2.24) is 0 Å². The summed E-state index contributed by atoms with van der Waals surface area (Å²) < 4.78 is 17.8. The molecule has 3 heteroatoms. The van der Waals surface area contributed by atoms with Gasteiger partial charge in [-0.05, 0) is 12.3 Å². The lowest BCUT2D eigenvalue weighted by Crippen LogP contribution is -2.03. The van der Waals surface area contributed by atoms with Crippen LogP contribution in [0.2, 0.25) is 0 Å². The third-order valence-electron chi connectivity index (χ3n) is 1.08. The third-order valence-corrected chi connectivity index (χ3v) is 2.10. The molecule has 0 fully saturated rings. The van der Waals surface area contributed by atoms with Crippen molar-refractivity contribution in [1.29, 1.82) is 4.78 Å². The molecule has 0 aromatic rings. The normalized spacial score (nSPS) is 17.8. The van der Waals surface area contributed by atoms with E-state index in [0.29, 0.717) is 11.7 Å². The molecule has 0 unspecified atom stereocenters.